The first-order valence-corrected chi connectivity index (χ1v) is 10.5. The summed E-state index contributed by atoms with van der Waals surface area (Å²) in [6, 6.07) is 16.4. The first-order valence-electron chi connectivity index (χ1n) is 10.5. The minimum absolute atomic E-state index is 0.0225. The zero-order valence-corrected chi connectivity index (χ0v) is 16.7. The number of carbonyl (C=O) groups excluding carboxylic acids is 1. The summed E-state index contributed by atoms with van der Waals surface area (Å²) < 4.78 is 11.4. The molecule has 2 N–H and O–H groups in total. The quantitative estimate of drug-likeness (QED) is 0.784. The molecule has 6 nitrogen and oxygen atoms in total. The molecular formula is C24H25NO5. The molecule has 0 spiro atoms. The number of amides is 1. The highest BCUT2D eigenvalue weighted by atomic mass is 16.5. The molecule has 1 saturated carbocycles. The third kappa shape index (κ3) is 3.16. The topological polar surface area (TPSA) is 84.9 Å². The lowest BCUT2D eigenvalue weighted by Crippen LogP contribution is -2.69. The highest BCUT2D eigenvalue weighted by Crippen LogP contribution is 2.48. The minimum atomic E-state index is -0.919. The third-order valence-corrected chi connectivity index (χ3v) is 6.88. The van der Waals surface area contributed by atoms with E-state index in [4.69, 9.17) is 9.47 Å². The van der Waals surface area contributed by atoms with E-state index in [1.54, 1.807) is 0 Å². The van der Waals surface area contributed by atoms with Crippen LogP contribution in [0.1, 0.15) is 42.7 Å². The fourth-order valence-corrected chi connectivity index (χ4v) is 5.52. The Hall–Kier alpha value is -2.86. The zero-order chi connectivity index (χ0) is 20.7. The van der Waals surface area contributed by atoms with E-state index in [9.17, 15) is 14.7 Å². The van der Waals surface area contributed by atoms with Crippen molar-refractivity contribution in [2.24, 2.45) is 5.92 Å². The summed E-state index contributed by atoms with van der Waals surface area (Å²) in [7, 11) is 0. The lowest BCUT2D eigenvalue weighted by atomic mass is 9.60. The number of rotatable bonds is 5. The third-order valence-electron chi connectivity index (χ3n) is 6.88. The average Bonchev–Trinajstić information content (AvgIpc) is 3.05. The molecule has 0 bridgehead atoms. The zero-order valence-electron chi connectivity index (χ0n) is 16.7. The lowest BCUT2D eigenvalue weighted by molar-refractivity contribution is -0.161. The molecule has 2 aliphatic carbocycles. The number of carbonyl (C=O) groups is 2. The van der Waals surface area contributed by atoms with Gasteiger partial charge in [0.2, 0.25) is 0 Å². The Balaban J connectivity index is 1.30. The summed E-state index contributed by atoms with van der Waals surface area (Å²) in [5.41, 5.74) is 3.86. The van der Waals surface area contributed by atoms with Gasteiger partial charge in [0, 0.05) is 18.4 Å². The normalized spacial score (nSPS) is 26.7. The number of fused-ring (bicyclic) bond motifs is 4. The Kier molecular flexibility index (Phi) is 4.74. The number of hydrogen-bond donors (Lipinski definition) is 2. The molecule has 5 rings (SSSR count). The van der Waals surface area contributed by atoms with Gasteiger partial charge in [0.15, 0.2) is 0 Å². The van der Waals surface area contributed by atoms with Crippen molar-refractivity contribution in [3.63, 3.8) is 0 Å². The summed E-state index contributed by atoms with van der Waals surface area (Å²) in [4.78, 5) is 24.2. The van der Waals surface area contributed by atoms with Crippen LogP contribution in [-0.4, -0.2) is 42.0 Å². The van der Waals surface area contributed by atoms with Crippen molar-refractivity contribution < 1.29 is 24.2 Å². The van der Waals surface area contributed by atoms with E-state index in [0.29, 0.717) is 13.0 Å². The van der Waals surface area contributed by atoms with Gasteiger partial charge in [-0.05, 0) is 41.5 Å². The molecule has 30 heavy (non-hydrogen) atoms. The molecule has 1 amide bonds. The van der Waals surface area contributed by atoms with Crippen LogP contribution in [0.4, 0.5) is 4.79 Å². The monoisotopic (exact) mass is 407 g/mol. The number of carboxylic acids is 1. The molecule has 1 heterocycles. The van der Waals surface area contributed by atoms with Gasteiger partial charge in [-0.1, -0.05) is 48.5 Å². The number of benzene rings is 2. The fraction of sp³-hybridized carbons (Fsp3) is 0.417. The van der Waals surface area contributed by atoms with Crippen LogP contribution in [0, 0.1) is 5.92 Å². The Labute approximate surface area is 175 Å². The molecule has 3 unspecified atom stereocenters. The van der Waals surface area contributed by atoms with Crippen LogP contribution in [0.25, 0.3) is 11.1 Å². The Morgan fingerprint density at radius 3 is 2.40 bits per heavy atom. The maximum atomic E-state index is 12.7. The average molecular weight is 407 g/mol. The number of aliphatic carboxylic acids is 1. The molecule has 2 aromatic carbocycles. The summed E-state index contributed by atoms with van der Waals surface area (Å²) in [6.07, 6.45) is 1.64. The van der Waals surface area contributed by atoms with Crippen LogP contribution in [0.15, 0.2) is 48.5 Å². The molecule has 6 heteroatoms. The number of alkyl carbamates (subject to hydrolysis) is 1. The molecule has 2 fully saturated rings. The van der Waals surface area contributed by atoms with Crippen LogP contribution in [0.5, 0.6) is 0 Å². The summed E-state index contributed by atoms with van der Waals surface area (Å²) in [5, 5.41) is 12.3. The lowest BCUT2D eigenvalue weighted by Gasteiger charge is -2.56. The molecule has 3 aliphatic rings. The van der Waals surface area contributed by atoms with E-state index in [-0.39, 0.29) is 31.0 Å². The van der Waals surface area contributed by atoms with Crippen molar-refractivity contribution in [2.45, 2.75) is 43.2 Å². The van der Waals surface area contributed by atoms with Crippen molar-refractivity contribution in [1.82, 2.24) is 5.32 Å². The first-order chi connectivity index (χ1) is 14.6. The highest BCUT2D eigenvalue weighted by molar-refractivity contribution is 5.79. The maximum Gasteiger partial charge on any atom is 0.407 e. The number of ether oxygens (including phenoxy) is 2. The molecule has 156 valence electrons. The SMILES string of the molecule is O=C(O)CC1(NC(=O)OCC2c3ccccc3-c3ccccc32)CC2OCCCC21. The van der Waals surface area contributed by atoms with Crippen LogP contribution < -0.4 is 5.32 Å². The summed E-state index contributed by atoms with van der Waals surface area (Å²) in [5.74, 6) is -0.911. The van der Waals surface area contributed by atoms with Crippen LogP contribution in [0.3, 0.4) is 0 Å². The van der Waals surface area contributed by atoms with E-state index >= 15 is 0 Å². The molecule has 0 aromatic heterocycles. The van der Waals surface area contributed by atoms with E-state index in [2.05, 4.69) is 29.6 Å². The van der Waals surface area contributed by atoms with Gasteiger partial charge in [-0.15, -0.1) is 0 Å². The molecule has 0 radical (unpaired) electrons. The summed E-state index contributed by atoms with van der Waals surface area (Å²) in [6.45, 7) is 0.920. The second kappa shape index (κ2) is 7.43. The van der Waals surface area contributed by atoms with E-state index in [1.807, 2.05) is 24.3 Å². The molecule has 3 atom stereocenters. The number of carboxylic acid groups (broad SMARTS) is 1. The largest absolute Gasteiger partial charge is 0.481 e. The predicted octanol–water partition coefficient (Wildman–Crippen LogP) is 3.94. The maximum absolute atomic E-state index is 12.7. The predicted molar refractivity (Wildman–Crippen MR) is 110 cm³/mol. The van der Waals surface area contributed by atoms with Crippen molar-refractivity contribution in [3.8, 4) is 11.1 Å². The Morgan fingerprint density at radius 1 is 1.10 bits per heavy atom. The van der Waals surface area contributed by atoms with Crippen molar-refractivity contribution in [2.75, 3.05) is 13.2 Å². The molecular weight excluding hydrogens is 382 g/mol. The second-order valence-electron chi connectivity index (χ2n) is 8.54. The van der Waals surface area contributed by atoms with Gasteiger partial charge in [-0.25, -0.2) is 4.79 Å². The van der Waals surface area contributed by atoms with Crippen molar-refractivity contribution in [3.05, 3.63) is 59.7 Å². The van der Waals surface area contributed by atoms with Gasteiger partial charge in [-0.2, -0.15) is 0 Å². The van der Waals surface area contributed by atoms with E-state index < -0.39 is 17.6 Å². The van der Waals surface area contributed by atoms with E-state index in [1.165, 1.54) is 11.1 Å². The standard InChI is InChI=1S/C24H25NO5/c26-22(27)13-24(12-21-20(24)10-5-11-29-21)25-23(28)30-14-19-17-8-3-1-6-15(17)16-7-2-4-9-18(16)19/h1-4,6-9,19-21H,5,10-14H2,(H,25,28)(H,26,27). The highest BCUT2D eigenvalue weighted by Gasteiger charge is 2.57. The second-order valence-corrected chi connectivity index (χ2v) is 8.54. The van der Waals surface area contributed by atoms with E-state index in [0.717, 1.165) is 24.0 Å². The Bertz CT molecular complexity index is 944. The van der Waals surface area contributed by atoms with Gasteiger partial charge in [0.05, 0.1) is 18.1 Å². The molecule has 1 aliphatic heterocycles. The number of hydrogen-bond acceptors (Lipinski definition) is 4. The summed E-state index contributed by atoms with van der Waals surface area (Å²) >= 11 is 0. The van der Waals surface area contributed by atoms with Crippen LogP contribution in [-0.2, 0) is 14.3 Å². The molecule has 2 aromatic rings. The van der Waals surface area contributed by atoms with Gasteiger partial charge < -0.3 is 19.9 Å². The smallest absolute Gasteiger partial charge is 0.407 e. The fourth-order valence-electron chi connectivity index (χ4n) is 5.52. The van der Waals surface area contributed by atoms with Crippen LogP contribution >= 0.6 is 0 Å². The van der Waals surface area contributed by atoms with Crippen molar-refractivity contribution >= 4 is 12.1 Å². The molecule has 1 saturated heterocycles. The minimum Gasteiger partial charge on any atom is -0.481 e. The number of nitrogens with one attached hydrogen (secondary N) is 1. The van der Waals surface area contributed by atoms with Crippen molar-refractivity contribution in [1.29, 1.82) is 0 Å². The van der Waals surface area contributed by atoms with Gasteiger partial charge in [0.1, 0.15) is 6.61 Å². The van der Waals surface area contributed by atoms with Gasteiger partial charge >= 0.3 is 12.1 Å². The van der Waals surface area contributed by atoms with Crippen LogP contribution in [0.2, 0.25) is 0 Å². The first kappa shape index (κ1) is 19.1. The van der Waals surface area contributed by atoms with Gasteiger partial charge in [0.25, 0.3) is 0 Å². The Morgan fingerprint density at radius 2 is 1.77 bits per heavy atom. The van der Waals surface area contributed by atoms with Gasteiger partial charge in [-0.3, -0.25) is 4.79 Å².